The fourth-order valence-electron chi connectivity index (χ4n) is 1.65. The van der Waals surface area contributed by atoms with Crippen LogP contribution >= 0.6 is 22.7 Å². The summed E-state index contributed by atoms with van der Waals surface area (Å²) in [5, 5.41) is 23.6. The molecule has 0 radical (unpaired) electrons. The van der Waals surface area contributed by atoms with E-state index in [1.165, 1.54) is 22.7 Å². The molecule has 112 valence electrons. The number of amides is 2. The smallest absolute Gasteiger partial charge is 0.338 e. The van der Waals surface area contributed by atoms with Crippen molar-refractivity contribution in [3.8, 4) is 0 Å². The van der Waals surface area contributed by atoms with Crippen molar-refractivity contribution >= 4 is 44.8 Å². The molecule has 0 fully saturated rings. The maximum atomic E-state index is 11.9. The number of carboxylic acids is 1. The van der Waals surface area contributed by atoms with Gasteiger partial charge in [-0.15, -0.1) is 21.5 Å². The van der Waals surface area contributed by atoms with Gasteiger partial charge in [0.05, 0.1) is 5.56 Å². The molecule has 0 spiro atoms. The predicted molar refractivity (Wildman–Crippen MR) is 82.7 cm³/mol. The Hall–Kier alpha value is -2.00. The van der Waals surface area contributed by atoms with Gasteiger partial charge in [0.1, 0.15) is 10.0 Å². The molecule has 0 bridgehead atoms. The van der Waals surface area contributed by atoms with Gasteiger partial charge in [0, 0.05) is 4.88 Å². The fourth-order valence-corrected chi connectivity index (χ4v) is 3.37. The number of thiophene rings is 1. The highest BCUT2D eigenvalue weighted by Crippen LogP contribution is 2.32. The average Bonchev–Trinajstić information content (AvgIpc) is 2.95. The van der Waals surface area contributed by atoms with E-state index in [1.807, 2.05) is 13.8 Å². The molecule has 2 aromatic rings. The molecule has 0 unspecified atom stereocenters. The number of rotatable bonds is 4. The summed E-state index contributed by atoms with van der Waals surface area (Å²) in [6, 6.07) is -0.530. The first kappa shape index (κ1) is 15.4. The molecule has 2 heterocycles. The van der Waals surface area contributed by atoms with Gasteiger partial charge >= 0.3 is 12.0 Å². The Labute approximate surface area is 129 Å². The molecule has 2 rings (SSSR count). The summed E-state index contributed by atoms with van der Waals surface area (Å²) in [6.45, 7) is 5.48. The van der Waals surface area contributed by atoms with E-state index < -0.39 is 12.0 Å². The van der Waals surface area contributed by atoms with Gasteiger partial charge in [0.25, 0.3) is 0 Å². The lowest BCUT2D eigenvalue weighted by molar-refractivity contribution is 0.0697. The number of carbonyl (C=O) groups excluding carboxylic acids is 1. The minimum absolute atomic E-state index is 0.124. The highest BCUT2D eigenvalue weighted by molar-refractivity contribution is 7.17. The average molecular weight is 326 g/mol. The number of urea groups is 1. The summed E-state index contributed by atoms with van der Waals surface area (Å²) in [7, 11) is 0. The van der Waals surface area contributed by atoms with Crippen LogP contribution < -0.4 is 10.6 Å². The lowest BCUT2D eigenvalue weighted by Gasteiger charge is -2.04. The number of aromatic nitrogens is 2. The molecule has 0 aliphatic heterocycles. The van der Waals surface area contributed by atoms with Crippen molar-refractivity contribution < 1.29 is 14.7 Å². The van der Waals surface area contributed by atoms with E-state index in [1.54, 1.807) is 6.92 Å². The normalized spacial score (nSPS) is 10.4. The molecule has 0 aliphatic carbocycles. The van der Waals surface area contributed by atoms with Crippen molar-refractivity contribution in [3.05, 3.63) is 21.0 Å². The van der Waals surface area contributed by atoms with Gasteiger partial charge in [-0.05, 0) is 25.8 Å². The number of hydrogen-bond acceptors (Lipinski definition) is 6. The highest BCUT2D eigenvalue weighted by atomic mass is 32.1. The molecule has 0 aromatic carbocycles. The van der Waals surface area contributed by atoms with Crippen LogP contribution in [0.15, 0.2) is 0 Å². The first-order valence-corrected chi connectivity index (χ1v) is 7.79. The van der Waals surface area contributed by atoms with E-state index in [0.29, 0.717) is 15.7 Å². The fraction of sp³-hybridized carbons (Fsp3) is 0.333. The van der Waals surface area contributed by atoms with E-state index in [-0.39, 0.29) is 5.56 Å². The molecule has 21 heavy (non-hydrogen) atoms. The first-order chi connectivity index (χ1) is 9.92. The summed E-state index contributed by atoms with van der Waals surface area (Å²) in [5.41, 5.74) is 0.783. The number of nitrogens with zero attached hydrogens (tertiary/aromatic N) is 2. The lowest BCUT2D eigenvalue weighted by Crippen LogP contribution is -2.20. The Morgan fingerprint density at radius 2 is 1.90 bits per heavy atom. The highest BCUT2D eigenvalue weighted by Gasteiger charge is 2.20. The third-order valence-corrected chi connectivity index (χ3v) is 4.92. The van der Waals surface area contributed by atoms with E-state index >= 15 is 0 Å². The topological polar surface area (TPSA) is 104 Å². The summed E-state index contributed by atoms with van der Waals surface area (Å²) in [5.74, 6) is -1.06. The molecule has 2 aromatic heterocycles. The van der Waals surface area contributed by atoms with Gasteiger partial charge in [0.15, 0.2) is 0 Å². The Kier molecular flexibility index (Phi) is 4.53. The number of nitrogens with one attached hydrogen (secondary N) is 2. The van der Waals surface area contributed by atoms with Crippen LogP contribution in [0.5, 0.6) is 0 Å². The van der Waals surface area contributed by atoms with E-state index in [2.05, 4.69) is 20.8 Å². The van der Waals surface area contributed by atoms with Gasteiger partial charge in [-0.1, -0.05) is 18.3 Å². The summed E-state index contributed by atoms with van der Waals surface area (Å²) in [6.07, 6.45) is 0.743. The second kappa shape index (κ2) is 6.19. The molecular weight excluding hydrogens is 312 g/mol. The second-order valence-electron chi connectivity index (χ2n) is 4.23. The van der Waals surface area contributed by atoms with E-state index in [0.717, 1.165) is 16.3 Å². The van der Waals surface area contributed by atoms with E-state index in [4.69, 9.17) is 0 Å². The standard InChI is InChI=1S/C12H14N4O3S2/c1-4-7-15-16-12(21-7)14-11(19)13-9-8(10(17)18)5(2)6(3)20-9/h4H2,1-3H3,(H,17,18)(H2,13,14,16,19). The van der Waals surface area contributed by atoms with Gasteiger partial charge in [-0.25, -0.2) is 9.59 Å². The van der Waals surface area contributed by atoms with Crippen LogP contribution in [0, 0.1) is 13.8 Å². The number of carbonyl (C=O) groups is 2. The third kappa shape index (κ3) is 3.37. The number of anilines is 2. The zero-order valence-corrected chi connectivity index (χ0v) is 13.3. The summed E-state index contributed by atoms with van der Waals surface area (Å²) < 4.78 is 0. The van der Waals surface area contributed by atoms with Crippen LogP contribution in [0.4, 0.5) is 14.9 Å². The quantitative estimate of drug-likeness (QED) is 0.800. The monoisotopic (exact) mass is 326 g/mol. The van der Waals surface area contributed by atoms with E-state index in [9.17, 15) is 14.7 Å². The van der Waals surface area contributed by atoms with Crippen LogP contribution in [0.3, 0.4) is 0 Å². The minimum atomic E-state index is -1.06. The van der Waals surface area contributed by atoms with Crippen LogP contribution in [0.2, 0.25) is 0 Å². The summed E-state index contributed by atoms with van der Waals surface area (Å²) >= 11 is 2.52. The predicted octanol–water partition coefficient (Wildman–Crippen LogP) is 3.12. The number of carboxylic acid groups (broad SMARTS) is 1. The zero-order chi connectivity index (χ0) is 15.6. The molecule has 0 atom stereocenters. The van der Waals surface area contributed by atoms with Gasteiger partial charge in [-0.3, -0.25) is 10.6 Å². The molecule has 0 saturated carbocycles. The largest absolute Gasteiger partial charge is 0.478 e. The van der Waals surface area contributed by atoms with Crippen molar-refractivity contribution in [2.75, 3.05) is 10.6 Å². The maximum Gasteiger partial charge on any atom is 0.338 e. The van der Waals surface area contributed by atoms with Crippen molar-refractivity contribution in [3.63, 3.8) is 0 Å². The molecule has 2 amide bonds. The number of hydrogen-bond donors (Lipinski definition) is 3. The molecule has 3 N–H and O–H groups in total. The lowest BCUT2D eigenvalue weighted by atomic mass is 10.1. The van der Waals surface area contributed by atoms with Crippen LogP contribution in [0.1, 0.15) is 32.7 Å². The third-order valence-electron chi connectivity index (χ3n) is 2.82. The minimum Gasteiger partial charge on any atom is -0.478 e. The Bertz CT molecular complexity index is 693. The SMILES string of the molecule is CCc1nnc(NC(=O)Nc2sc(C)c(C)c2C(=O)O)s1. The van der Waals surface area contributed by atoms with Crippen LogP contribution in [-0.4, -0.2) is 27.3 Å². The van der Waals surface area contributed by atoms with Gasteiger partial charge < -0.3 is 5.11 Å². The Morgan fingerprint density at radius 3 is 2.48 bits per heavy atom. The molecule has 9 heteroatoms. The number of aryl methyl sites for hydroxylation is 2. The van der Waals surface area contributed by atoms with Crippen LogP contribution in [-0.2, 0) is 6.42 Å². The van der Waals surface area contributed by atoms with Crippen LogP contribution in [0.25, 0.3) is 0 Å². The first-order valence-electron chi connectivity index (χ1n) is 6.16. The molecule has 7 nitrogen and oxygen atoms in total. The maximum absolute atomic E-state index is 11.9. The van der Waals surface area contributed by atoms with Crippen molar-refractivity contribution in [1.82, 2.24) is 10.2 Å². The van der Waals surface area contributed by atoms with Crippen molar-refractivity contribution in [2.45, 2.75) is 27.2 Å². The molecular formula is C12H14N4O3S2. The molecule has 0 aliphatic rings. The summed E-state index contributed by atoms with van der Waals surface area (Å²) in [4.78, 5) is 24.0. The van der Waals surface area contributed by atoms with Crippen molar-refractivity contribution in [1.29, 1.82) is 0 Å². The van der Waals surface area contributed by atoms with Gasteiger partial charge in [-0.2, -0.15) is 0 Å². The van der Waals surface area contributed by atoms with Crippen molar-refractivity contribution in [2.24, 2.45) is 0 Å². The second-order valence-corrected chi connectivity index (χ2v) is 6.51. The Morgan fingerprint density at radius 1 is 1.19 bits per heavy atom. The Balaban J connectivity index is 2.13. The van der Waals surface area contributed by atoms with Gasteiger partial charge in [0.2, 0.25) is 5.13 Å². The zero-order valence-electron chi connectivity index (χ0n) is 11.7. The molecule has 0 saturated heterocycles. The number of aromatic carboxylic acids is 1.